The molecule has 6 heteroatoms. The number of aromatic nitrogens is 2. The average molecular weight is 255 g/mol. The summed E-state index contributed by atoms with van der Waals surface area (Å²) in [4.78, 5) is 8.38. The van der Waals surface area contributed by atoms with Crippen molar-refractivity contribution in [1.82, 2.24) is 9.97 Å². The van der Waals surface area contributed by atoms with Crippen LogP contribution in [0.5, 0.6) is 5.88 Å². The molecule has 0 aliphatic heterocycles. The lowest BCUT2D eigenvalue weighted by molar-refractivity contribution is 0.0705. The molecule has 0 radical (unpaired) electrons. The maximum absolute atomic E-state index is 5.36. The van der Waals surface area contributed by atoms with E-state index in [2.05, 4.69) is 15.3 Å². The first-order valence-electron chi connectivity index (χ1n) is 5.96. The highest BCUT2D eigenvalue weighted by atomic mass is 16.5. The van der Waals surface area contributed by atoms with Crippen LogP contribution in [0.4, 0.5) is 5.82 Å². The number of methoxy groups -OCH3 is 2. The molecule has 1 rings (SSSR count). The zero-order chi connectivity index (χ0) is 13.2. The van der Waals surface area contributed by atoms with Crippen molar-refractivity contribution in [1.29, 1.82) is 0 Å². The highest BCUT2D eigenvalue weighted by Crippen LogP contribution is 2.12. The summed E-state index contributed by atoms with van der Waals surface area (Å²) in [5, 5.41) is 3.21. The van der Waals surface area contributed by atoms with Gasteiger partial charge in [-0.05, 0) is 13.3 Å². The van der Waals surface area contributed by atoms with Gasteiger partial charge in [-0.15, -0.1) is 0 Å². The van der Waals surface area contributed by atoms with Crippen molar-refractivity contribution in [2.45, 2.75) is 13.3 Å². The smallest absolute Gasteiger partial charge is 0.218 e. The van der Waals surface area contributed by atoms with Crippen molar-refractivity contribution in [3.05, 3.63) is 11.9 Å². The van der Waals surface area contributed by atoms with E-state index in [-0.39, 0.29) is 0 Å². The predicted octanol–water partition coefficient (Wildman–Crippen LogP) is 1.26. The van der Waals surface area contributed by atoms with Gasteiger partial charge < -0.3 is 19.5 Å². The van der Waals surface area contributed by atoms with Crippen LogP contribution in [-0.2, 0) is 9.47 Å². The lowest BCUT2D eigenvalue weighted by Gasteiger charge is -2.08. The predicted molar refractivity (Wildman–Crippen MR) is 69.1 cm³/mol. The van der Waals surface area contributed by atoms with E-state index in [1.807, 2.05) is 6.92 Å². The first kappa shape index (κ1) is 14.7. The Kier molecular flexibility index (Phi) is 7.05. The highest BCUT2D eigenvalue weighted by Gasteiger charge is 2.00. The highest BCUT2D eigenvalue weighted by molar-refractivity contribution is 5.38. The summed E-state index contributed by atoms with van der Waals surface area (Å²) >= 11 is 0. The van der Waals surface area contributed by atoms with Gasteiger partial charge in [-0.1, -0.05) is 0 Å². The monoisotopic (exact) mass is 255 g/mol. The van der Waals surface area contributed by atoms with Gasteiger partial charge in [0, 0.05) is 26.3 Å². The molecule has 0 amide bonds. The van der Waals surface area contributed by atoms with Crippen molar-refractivity contribution in [2.75, 3.05) is 45.9 Å². The molecule has 0 fully saturated rings. The summed E-state index contributed by atoms with van der Waals surface area (Å²) in [6, 6.07) is 1.78. The molecule has 1 aromatic rings. The Balaban J connectivity index is 2.20. The zero-order valence-corrected chi connectivity index (χ0v) is 11.2. The van der Waals surface area contributed by atoms with Crippen LogP contribution in [0.3, 0.4) is 0 Å². The minimum atomic E-state index is 0.571. The Morgan fingerprint density at radius 1 is 1.17 bits per heavy atom. The average Bonchev–Trinajstić information content (AvgIpc) is 2.37. The zero-order valence-electron chi connectivity index (χ0n) is 11.2. The van der Waals surface area contributed by atoms with Gasteiger partial charge in [0.05, 0.1) is 20.3 Å². The van der Waals surface area contributed by atoms with E-state index in [1.54, 1.807) is 20.3 Å². The molecule has 102 valence electrons. The first-order valence-corrected chi connectivity index (χ1v) is 5.96. The summed E-state index contributed by atoms with van der Waals surface area (Å²) in [5.74, 6) is 2.03. The molecule has 0 bridgehead atoms. The van der Waals surface area contributed by atoms with Gasteiger partial charge in [0.25, 0.3) is 0 Å². The maximum Gasteiger partial charge on any atom is 0.218 e. The molecule has 0 saturated heterocycles. The van der Waals surface area contributed by atoms with Crippen LogP contribution in [0.2, 0.25) is 0 Å². The van der Waals surface area contributed by atoms with Crippen LogP contribution >= 0.6 is 0 Å². The fourth-order valence-electron chi connectivity index (χ4n) is 1.37. The molecule has 0 spiro atoms. The summed E-state index contributed by atoms with van der Waals surface area (Å²) < 4.78 is 15.3. The Labute approximate surface area is 108 Å². The number of nitrogens with zero attached hydrogens (tertiary/aromatic N) is 2. The van der Waals surface area contributed by atoms with Gasteiger partial charge in [0.1, 0.15) is 11.6 Å². The fraction of sp³-hybridized carbons (Fsp3) is 0.667. The standard InChI is InChI=1S/C12H21N3O3/c1-10-14-11(9-12(15-10)17-3)13-5-4-6-18-8-7-16-2/h9H,4-8H2,1-3H3,(H,13,14,15). The van der Waals surface area contributed by atoms with Crippen molar-refractivity contribution in [2.24, 2.45) is 0 Å². The Morgan fingerprint density at radius 3 is 2.72 bits per heavy atom. The molecule has 1 N–H and O–H groups in total. The molecule has 0 saturated carbocycles. The topological polar surface area (TPSA) is 65.5 Å². The van der Waals surface area contributed by atoms with E-state index >= 15 is 0 Å². The third kappa shape index (κ3) is 5.79. The molecule has 6 nitrogen and oxygen atoms in total. The van der Waals surface area contributed by atoms with Crippen molar-refractivity contribution in [3.63, 3.8) is 0 Å². The van der Waals surface area contributed by atoms with E-state index in [4.69, 9.17) is 14.2 Å². The first-order chi connectivity index (χ1) is 8.76. The van der Waals surface area contributed by atoms with E-state index in [9.17, 15) is 0 Å². The number of hydrogen-bond donors (Lipinski definition) is 1. The minimum Gasteiger partial charge on any atom is -0.481 e. The van der Waals surface area contributed by atoms with Crippen molar-refractivity contribution in [3.8, 4) is 5.88 Å². The second-order valence-corrected chi connectivity index (χ2v) is 3.73. The number of ether oxygens (including phenoxy) is 3. The van der Waals surface area contributed by atoms with Gasteiger partial charge >= 0.3 is 0 Å². The maximum atomic E-state index is 5.36. The third-order valence-electron chi connectivity index (χ3n) is 2.23. The number of anilines is 1. The minimum absolute atomic E-state index is 0.571. The second-order valence-electron chi connectivity index (χ2n) is 3.73. The summed E-state index contributed by atoms with van der Waals surface area (Å²) in [7, 11) is 3.25. The number of hydrogen-bond acceptors (Lipinski definition) is 6. The van der Waals surface area contributed by atoms with Crippen LogP contribution in [0.25, 0.3) is 0 Å². The van der Waals surface area contributed by atoms with E-state index in [0.717, 1.165) is 18.8 Å². The lowest BCUT2D eigenvalue weighted by atomic mass is 10.4. The summed E-state index contributed by atoms with van der Waals surface area (Å²) in [5.41, 5.74) is 0. The molecule has 1 aromatic heterocycles. The van der Waals surface area contributed by atoms with E-state index in [1.165, 1.54) is 0 Å². The molecule has 0 aliphatic rings. The second kappa shape index (κ2) is 8.66. The fourth-order valence-corrected chi connectivity index (χ4v) is 1.37. The quantitative estimate of drug-likeness (QED) is 0.670. The SMILES string of the molecule is COCCOCCCNc1cc(OC)nc(C)n1. The molecule has 18 heavy (non-hydrogen) atoms. The molecule has 0 aliphatic carbocycles. The molecular weight excluding hydrogens is 234 g/mol. The van der Waals surface area contributed by atoms with Crippen LogP contribution < -0.4 is 10.1 Å². The van der Waals surface area contributed by atoms with Crippen LogP contribution in [0.15, 0.2) is 6.07 Å². The Morgan fingerprint density at radius 2 is 2.00 bits per heavy atom. The molecule has 0 aromatic carbocycles. The largest absolute Gasteiger partial charge is 0.481 e. The lowest BCUT2D eigenvalue weighted by Crippen LogP contribution is -2.09. The summed E-state index contributed by atoms with van der Waals surface area (Å²) in [6.45, 7) is 4.61. The third-order valence-corrected chi connectivity index (χ3v) is 2.23. The van der Waals surface area contributed by atoms with Gasteiger partial charge in [-0.25, -0.2) is 4.98 Å². The molecule has 1 heterocycles. The number of aryl methyl sites for hydroxylation is 1. The van der Waals surface area contributed by atoms with Crippen molar-refractivity contribution < 1.29 is 14.2 Å². The van der Waals surface area contributed by atoms with E-state index in [0.29, 0.717) is 31.5 Å². The van der Waals surface area contributed by atoms with Crippen molar-refractivity contribution >= 4 is 5.82 Å². The van der Waals surface area contributed by atoms with E-state index < -0.39 is 0 Å². The normalized spacial score (nSPS) is 10.4. The van der Waals surface area contributed by atoms with Crippen LogP contribution in [0, 0.1) is 6.92 Å². The summed E-state index contributed by atoms with van der Waals surface area (Å²) in [6.07, 6.45) is 0.912. The van der Waals surface area contributed by atoms with Crippen LogP contribution in [0.1, 0.15) is 12.2 Å². The van der Waals surface area contributed by atoms with Gasteiger partial charge in [0.15, 0.2) is 0 Å². The molecular formula is C12H21N3O3. The van der Waals surface area contributed by atoms with Gasteiger partial charge in [-0.2, -0.15) is 4.98 Å². The number of nitrogens with one attached hydrogen (secondary N) is 1. The number of rotatable bonds is 9. The van der Waals surface area contributed by atoms with Crippen LogP contribution in [-0.4, -0.2) is 50.6 Å². The Bertz CT molecular complexity index is 347. The Hall–Kier alpha value is -1.40. The molecule has 0 unspecified atom stereocenters. The van der Waals surface area contributed by atoms with Gasteiger partial charge in [-0.3, -0.25) is 0 Å². The molecule has 0 atom stereocenters. The van der Waals surface area contributed by atoms with Gasteiger partial charge in [0.2, 0.25) is 5.88 Å².